The Kier molecular flexibility index (Phi) is 4.64. The van der Waals surface area contributed by atoms with Gasteiger partial charge in [0, 0.05) is 24.8 Å². The van der Waals surface area contributed by atoms with Crippen LogP contribution >= 0.6 is 0 Å². The molecule has 0 unspecified atom stereocenters. The van der Waals surface area contributed by atoms with E-state index in [1.807, 2.05) is 32.0 Å². The van der Waals surface area contributed by atoms with Gasteiger partial charge in [-0.2, -0.15) is 5.10 Å². The van der Waals surface area contributed by atoms with Crippen LogP contribution < -0.4 is 15.8 Å². The Morgan fingerprint density at radius 1 is 1.33 bits per heavy atom. The molecule has 0 saturated carbocycles. The molecular weight excluding hydrogens is 304 g/mol. The van der Waals surface area contributed by atoms with Crippen molar-refractivity contribution < 1.29 is 4.79 Å². The van der Waals surface area contributed by atoms with Crippen LogP contribution in [0, 0.1) is 19.8 Å². The first-order chi connectivity index (χ1) is 11.5. The zero-order valence-electron chi connectivity index (χ0n) is 14.0. The minimum atomic E-state index is -0.227. The fourth-order valence-electron chi connectivity index (χ4n) is 3.07. The first-order valence-electron chi connectivity index (χ1n) is 8.21. The molecule has 1 amide bonds. The monoisotopic (exact) mass is 326 g/mol. The maximum atomic E-state index is 12.7. The molecular formula is C18H22N4O2. The van der Waals surface area contributed by atoms with E-state index < -0.39 is 0 Å². The van der Waals surface area contributed by atoms with Gasteiger partial charge in [-0.3, -0.25) is 9.59 Å². The van der Waals surface area contributed by atoms with E-state index in [0.717, 1.165) is 41.9 Å². The molecule has 0 spiro atoms. The average Bonchev–Trinajstić information content (AvgIpc) is 2.58. The van der Waals surface area contributed by atoms with Gasteiger partial charge in [-0.15, -0.1) is 0 Å². The molecule has 1 saturated heterocycles. The fourth-order valence-corrected chi connectivity index (χ4v) is 3.07. The minimum Gasteiger partial charge on any atom is -0.369 e. The summed E-state index contributed by atoms with van der Waals surface area (Å²) in [5.41, 5.74) is 3.59. The third-order valence-electron chi connectivity index (χ3n) is 4.46. The molecule has 0 radical (unpaired) electrons. The number of benzene rings is 1. The number of anilines is 2. The van der Waals surface area contributed by atoms with Gasteiger partial charge < -0.3 is 10.2 Å². The summed E-state index contributed by atoms with van der Waals surface area (Å²) in [6, 6.07) is 7.57. The summed E-state index contributed by atoms with van der Waals surface area (Å²) in [4.78, 5) is 26.1. The van der Waals surface area contributed by atoms with Crippen LogP contribution in [0.2, 0.25) is 0 Å². The van der Waals surface area contributed by atoms with E-state index in [1.54, 1.807) is 6.20 Å². The topological polar surface area (TPSA) is 78.1 Å². The first kappa shape index (κ1) is 16.2. The summed E-state index contributed by atoms with van der Waals surface area (Å²) >= 11 is 0. The molecule has 0 aliphatic carbocycles. The van der Waals surface area contributed by atoms with Gasteiger partial charge in [-0.1, -0.05) is 12.1 Å². The highest BCUT2D eigenvalue weighted by molar-refractivity contribution is 5.93. The second-order valence-corrected chi connectivity index (χ2v) is 6.40. The molecule has 126 valence electrons. The fraction of sp³-hybridized carbons (Fsp3) is 0.389. The van der Waals surface area contributed by atoms with Crippen LogP contribution in [0.25, 0.3) is 0 Å². The summed E-state index contributed by atoms with van der Waals surface area (Å²) in [5.74, 6) is -0.0656. The van der Waals surface area contributed by atoms with Crippen molar-refractivity contribution in [1.29, 1.82) is 0 Å². The van der Waals surface area contributed by atoms with E-state index in [4.69, 9.17) is 0 Å². The quantitative estimate of drug-likeness (QED) is 0.907. The average molecular weight is 326 g/mol. The summed E-state index contributed by atoms with van der Waals surface area (Å²) < 4.78 is 0. The number of aromatic nitrogens is 2. The van der Waals surface area contributed by atoms with Crippen molar-refractivity contribution in [3.8, 4) is 0 Å². The number of amides is 1. The molecule has 6 heteroatoms. The van der Waals surface area contributed by atoms with Gasteiger partial charge in [0.2, 0.25) is 5.91 Å². The second kappa shape index (κ2) is 6.86. The summed E-state index contributed by atoms with van der Waals surface area (Å²) in [6.07, 6.45) is 3.40. The maximum Gasteiger partial charge on any atom is 0.266 e. The van der Waals surface area contributed by atoms with Crippen molar-refractivity contribution in [2.45, 2.75) is 26.7 Å². The van der Waals surface area contributed by atoms with Gasteiger partial charge in [-0.25, -0.2) is 5.10 Å². The lowest BCUT2D eigenvalue weighted by Crippen LogP contribution is -2.41. The molecule has 2 heterocycles. The number of aromatic amines is 1. The van der Waals surface area contributed by atoms with Crippen molar-refractivity contribution in [2.75, 3.05) is 23.3 Å². The largest absolute Gasteiger partial charge is 0.369 e. The highest BCUT2D eigenvalue weighted by Crippen LogP contribution is 2.24. The van der Waals surface area contributed by atoms with Crippen molar-refractivity contribution in [2.24, 2.45) is 5.92 Å². The molecule has 1 aliphatic rings. The van der Waals surface area contributed by atoms with E-state index in [2.05, 4.69) is 20.4 Å². The Balaban J connectivity index is 1.71. The maximum absolute atomic E-state index is 12.7. The van der Waals surface area contributed by atoms with E-state index in [-0.39, 0.29) is 17.4 Å². The Morgan fingerprint density at radius 3 is 2.96 bits per heavy atom. The van der Waals surface area contributed by atoms with Gasteiger partial charge in [0.15, 0.2) is 0 Å². The molecule has 6 nitrogen and oxygen atoms in total. The van der Waals surface area contributed by atoms with E-state index in [0.29, 0.717) is 6.54 Å². The number of hydrogen-bond acceptors (Lipinski definition) is 4. The summed E-state index contributed by atoms with van der Waals surface area (Å²) in [5, 5.41) is 9.27. The zero-order valence-corrected chi connectivity index (χ0v) is 14.0. The molecule has 2 N–H and O–H groups in total. The summed E-state index contributed by atoms with van der Waals surface area (Å²) in [6.45, 7) is 5.43. The number of rotatable bonds is 3. The van der Waals surface area contributed by atoms with Gasteiger partial charge in [0.05, 0.1) is 17.8 Å². The Hall–Kier alpha value is -2.63. The third kappa shape index (κ3) is 3.64. The second-order valence-electron chi connectivity index (χ2n) is 6.40. The standard InChI is InChI=1S/C18H22N4O2/c1-12-5-6-13(2)16(8-12)20-18(24)14-4-3-7-22(11-14)15-9-17(23)21-19-10-15/h5-6,8-10,14H,3-4,7,11H2,1-2H3,(H,20,24)(H,21,23)/t14-/m1/s1. The van der Waals surface area contributed by atoms with Crippen LogP contribution in [0.1, 0.15) is 24.0 Å². The van der Waals surface area contributed by atoms with Gasteiger partial charge in [0.1, 0.15) is 0 Å². The van der Waals surface area contributed by atoms with Crippen molar-refractivity contribution in [3.05, 3.63) is 51.9 Å². The SMILES string of the molecule is Cc1ccc(C)c(NC(=O)[C@@H]2CCCN(c3cn[nH]c(=O)c3)C2)c1. The first-order valence-corrected chi connectivity index (χ1v) is 8.21. The Bertz CT molecular complexity index is 800. The molecule has 0 bridgehead atoms. The molecule has 1 atom stereocenters. The molecule has 1 fully saturated rings. The van der Waals surface area contributed by atoms with E-state index in [1.165, 1.54) is 6.07 Å². The molecule has 2 aromatic rings. The van der Waals surface area contributed by atoms with Crippen LogP contribution in [-0.2, 0) is 4.79 Å². The molecule has 1 aromatic heterocycles. The number of H-pyrrole nitrogens is 1. The highest BCUT2D eigenvalue weighted by atomic mass is 16.2. The summed E-state index contributed by atoms with van der Waals surface area (Å²) in [7, 11) is 0. The van der Waals surface area contributed by atoms with Gasteiger partial charge >= 0.3 is 0 Å². The number of carbonyl (C=O) groups is 1. The van der Waals surface area contributed by atoms with Crippen LogP contribution in [0.15, 0.2) is 35.3 Å². The molecule has 1 aliphatic heterocycles. The number of nitrogens with zero attached hydrogens (tertiary/aromatic N) is 2. The molecule has 24 heavy (non-hydrogen) atoms. The Labute approximate surface area is 140 Å². The zero-order chi connectivity index (χ0) is 17.1. The van der Waals surface area contributed by atoms with Gasteiger partial charge in [-0.05, 0) is 43.9 Å². The predicted molar refractivity (Wildman–Crippen MR) is 94.3 cm³/mol. The number of aryl methyl sites for hydroxylation is 2. The highest BCUT2D eigenvalue weighted by Gasteiger charge is 2.26. The number of hydrogen-bond donors (Lipinski definition) is 2. The van der Waals surface area contributed by atoms with Crippen molar-refractivity contribution >= 4 is 17.3 Å². The normalized spacial score (nSPS) is 17.6. The predicted octanol–water partition coefficient (Wildman–Crippen LogP) is 2.24. The van der Waals surface area contributed by atoms with Crippen LogP contribution in [0.3, 0.4) is 0 Å². The minimum absolute atomic E-state index is 0.0335. The van der Waals surface area contributed by atoms with Gasteiger partial charge in [0.25, 0.3) is 5.56 Å². The van der Waals surface area contributed by atoms with Crippen LogP contribution in [0.4, 0.5) is 11.4 Å². The van der Waals surface area contributed by atoms with Crippen molar-refractivity contribution in [3.63, 3.8) is 0 Å². The van der Waals surface area contributed by atoms with E-state index in [9.17, 15) is 9.59 Å². The lowest BCUT2D eigenvalue weighted by molar-refractivity contribution is -0.120. The smallest absolute Gasteiger partial charge is 0.266 e. The molecule has 3 rings (SSSR count). The number of carbonyl (C=O) groups excluding carboxylic acids is 1. The van der Waals surface area contributed by atoms with E-state index >= 15 is 0 Å². The van der Waals surface area contributed by atoms with Crippen molar-refractivity contribution in [1.82, 2.24) is 10.2 Å². The third-order valence-corrected chi connectivity index (χ3v) is 4.46. The number of piperidine rings is 1. The Morgan fingerprint density at radius 2 is 2.17 bits per heavy atom. The van der Waals surface area contributed by atoms with Crippen LogP contribution in [-0.4, -0.2) is 29.2 Å². The van der Waals surface area contributed by atoms with Crippen LogP contribution in [0.5, 0.6) is 0 Å². The lowest BCUT2D eigenvalue weighted by atomic mass is 9.96. The number of nitrogens with one attached hydrogen (secondary N) is 2. The lowest BCUT2D eigenvalue weighted by Gasteiger charge is -2.33. The molecule has 1 aromatic carbocycles.